The smallest absolute Gasteiger partial charge is 0.329 e. The van der Waals surface area contributed by atoms with Gasteiger partial charge in [0.25, 0.3) is 0 Å². The third-order valence-corrected chi connectivity index (χ3v) is 3.28. The van der Waals surface area contributed by atoms with E-state index < -0.39 is 5.97 Å². The van der Waals surface area contributed by atoms with Crippen molar-refractivity contribution in [1.29, 1.82) is 0 Å². The molecule has 0 amide bonds. The fraction of sp³-hybridized carbons (Fsp3) is 0.462. The van der Waals surface area contributed by atoms with Gasteiger partial charge >= 0.3 is 5.97 Å². The van der Waals surface area contributed by atoms with E-state index in [0.717, 1.165) is 18.4 Å². The Morgan fingerprint density at radius 2 is 2.28 bits per heavy atom. The van der Waals surface area contributed by atoms with E-state index in [0.29, 0.717) is 16.7 Å². The monoisotopic (exact) mass is 270 g/mol. The minimum Gasteiger partial charge on any atom is -0.497 e. The van der Waals surface area contributed by atoms with Crippen molar-refractivity contribution in [2.75, 3.05) is 13.7 Å². The quantitative estimate of drug-likeness (QED) is 0.863. The number of carboxylic acids is 1. The zero-order valence-corrected chi connectivity index (χ0v) is 10.8. The van der Waals surface area contributed by atoms with Crippen molar-refractivity contribution in [1.82, 2.24) is 0 Å². The molecule has 5 heteroatoms. The van der Waals surface area contributed by atoms with Gasteiger partial charge in [-0.15, -0.1) is 0 Å². The van der Waals surface area contributed by atoms with Crippen LogP contribution in [-0.4, -0.2) is 24.8 Å². The van der Waals surface area contributed by atoms with Crippen molar-refractivity contribution in [2.24, 2.45) is 5.92 Å². The van der Waals surface area contributed by atoms with Gasteiger partial charge in [-0.3, -0.25) is 0 Å². The summed E-state index contributed by atoms with van der Waals surface area (Å²) in [5.74, 6) is 0.0806. The van der Waals surface area contributed by atoms with Crippen LogP contribution < -0.4 is 4.74 Å². The molecule has 0 heterocycles. The van der Waals surface area contributed by atoms with Crippen molar-refractivity contribution in [3.63, 3.8) is 0 Å². The van der Waals surface area contributed by atoms with E-state index in [-0.39, 0.29) is 12.7 Å². The highest BCUT2D eigenvalue weighted by atomic mass is 35.5. The predicted octanol–water partition coefficient (Wildman–Crippen LogP) is 2.90. The Morgan fingerprint density at radius 1 is 1.56 bits per heavy atom. The predicted molar refractivity (Wildman–Crippen MR) is 67.1 cm³/mol. The number of methoxy groups -OCH3 is 1. The number of ether oxygens (including phenoxy) is 2. The molecule has 1 atom stereocenters. The van der Waals surface area contributed by atoms with E-state index in [1.807, 2.05) is 6.07 Å². The Bertz CT molecular complexity index is 443. The van der Waals surface area contributed by atoms with E-state index in [1.54, 1.807) is 19.2 Å². The van der Waals surface area contributed by atoms with Crippen molar-refractivity contribution >= 4 is 17.6 Å². The molecule has 1 unspecified atom stereocenters. The van der Waals surface area contributed by atoms with Gasteiger partial charge in [0.05, 0.1) is 18.2 Å². The molecule has 2 rings (SSSR count). The molecule has 18 heavy (non-hydrogen) atoms. The van der Waals surface area contributed by atoms with Gasteiger partial charge in [0.1, 0.15) is 12.4 Å². The maximum atomic E-state index is 10.6. The standard InChI is InChI=1S/C13H15ClO4/c1-17-9-4-5-10(11(14)6-9)13(8-2-3-8)18-7-12(15)16/h4-6,8,13H,2-3,7H2,1H3,(H,15,16). The molecule has 98 valence electrons. The van der Waals surface area contributed by atoms with Gasteiger partial charge < -0.3 is 14.6 Å². The van der Waals surface area contributed by atoms with E-state index in [9.17, 15) is 4.79 Å². The van der Waals surface area contributed by atoms with Gasteiger partial charge in [-0.25, -0.2) is 4.79 Å². The lowest BCUT2D eigenvalue weighted by atomic mass is 10.0. The molecular weight excluding hydrogens is 256 g/mol. The topological polar surface area (TPSA) is 55.8 Å². The molecule has 0 spiro atoms. The number of carboxylic acid groups (broad SMARTS) is 1. The van der Waals surface area contributed by atoms with Crippen LogP contribution in [0.1, 0.15) is 24.5 Å². The maximum absolute atomic E-state index is 10.6. The molecule has 1 aliphatic rings. The van der Waals surface area contributed by atoms with E-state index in [4.69, 9.17) is 26.2 Å². The largest absolute Gasteiger partial charge is 0.497 e. The molecule has 0 bridgehead atoms. The van der Waals surface area contributed by atoms with E-state index >= 15 is 0 Å². The average molecular weight is 271 g/mol. The SMILES string of the molecule is COc1ccc(C(OCC(=O)O)C2CC2)c(Cl)c1. The third kappa shape index (κ3) is 3.15. The number of aliphatic carboxylic acids is 1. The van der Waals surface area contributed by atoms with Gasteiger partial charge in [-0.2, -0.15) is 0 Å². The fourth-order valence-electron chi connectivity index (χ4n) is 1.91. The summed E-state index contributed by atoms with van der Waals surface area (Å²) in [6.07, 6.45) is 1.86. The summed E-state index contributed by atoms with van der Waals surface area (Å²) in [7, 11) is 1.57. The first-order valence-corrected chi connectivity index (χ1v) is 6.16. The van der Waals surface area contributed by atoms with Crippen LogP contribution in [-0.2, 0) is 9.53 Å². The van der Waals surface area contributed by atoms with Gasteiger partial charge in [-0.05, 0) is 36.5 Å². The van der Waals surface area contributed by atoms with Crippen molar-refractivity contribution in [3.05, 3.63) is 28.8 Å². The lowest BCUT2D eigenvalue weighted by Gasteiger charge is -2.18. The second-order valence-electron chi connectivity index (χ2n) is 4.35. The summed E-state index contributed by atoms with van der Waals surface area (Å²) in [6, 6.07) is 5.36. The summed E-state index contributed by atoms with van der Waals surface area (Å²) in [5.41, 5.74) is 0.834. The Balaban J connectivity index is 2.17. The van der Waals surface area contributed by atoms with Crippen LogP contribution in [0.5, 0.6) is 5.75 Å². The summed E-state index contributed by atoms with van der Waals surface area (Å²) in [5, 5.41) is 9.24. The molecule has 1 N–H and O–H groups in total. The molecule has 4 nitrogen and oxygen atoms in total. The van der Waals surface area contributed by atoms with Crippen molar-refractivity contribution < 1.29 is 19.4 Å². The summed E-state index contributed by atoms with van der Waals surface area (Å²) < 4.78 is 10.5. The highest BCUT2D eigenvalue weighted by Crippen LogP contribution is 2.45. The Morgan fingerprint density at radius 3 is 2.78 bits per heavy atom. The summed E-state index contributed by atoms with van der Waals surface area (Å²) in [4.78, 5) is 10.6. The van der Waals surface area contributed by atoms with Crippen LogP contribution in [0.25, 0.3) is 0 Å². The molecule has 1 aromatic rings. The molecule has 0 radical (unpaired) electrons. The van der Waals surface area contributed by atoms with E-state index in [1.165, 1.54) is 0 Å². The normalized spacial score (nSPS) is 16.3. The van der Waals surface area contributed by atoms with Crippen LogP contribution in [0.2, 0.25) is 5.02 Å². The second kappa shape index (κ2) is 5.59. The van der Waals surface area contributed by atoms with Crippen molar-refractivity contribution in [2.45, 2.75) is 18.9 Å². The Labute approximate surface area is 110 Å². The number of carbonyl (C=O) groups is 1. The lowest BCUT2D eigenvalue weighted by Crippen LogP contribution is -2.14. The molecule has 1 saturated carbocycles. The molecular formula is C13H15ClO4. The Kier molecular flexibility index (Phi) is 4.09. The number of halogens is 1. The number of benzene rings is 1. The minimum atomic E-state index is -0.967. The first-order chi connectivity index (χ1) is 8.61. The molecule has 1 aromatic carbocycles. The fourth-order valence-corrected chi connectivity index (χ4v) is 2.18. The summed E-state index contributed by atoms with van der Waals surface area (Å²) >= 11 is 6.18. The molecule has 1 fully saturated rings. The zero-order chi connectivity index (χ0) is 13.1. The maximum Gasteiger partial charge on any atom is 0.329 e. The second-order valence-corrected chi connectivity index (χ2v) is 4.76. The number of rotatable bonds is 6. The van der Waals surface area contributed by atoms with Gasteiger partial charge in [0.15, 0.2) is 0 Å². The molecule has 1 aliphatic carbocycles. The highest BCUT2D eigenvalue weighted by Gasteiger charge is 2.34. The van der Waals surface area contributed by atoms with Crippen LogP contribution >= 0.6 is 11.6 Å². The molecule has 0 aromatic heterocycles. The zero-order valence-electron chi connectivity index (χ0n) is 10.1. The van der Waals surface area contributed by atoms with Gasteiger partial charge in [-0.1, -0.05) is 17.7 Å². The molecule has 0 aliphatic heterocycles. The highest BCUT2D eigenvalue weighted by molar-refractivity contribution is 6.31. The lowest BCUT2D eigenvalue weighted by molar-refractivity contribution is -0.145. The van der Waals surface area contributed by atoms with Gasteiger partial charge in [0.2, 0.25) is 0 Å². The summed E-state index contributed by atoms with van der Waals surface area (Å²) in [6.45, 7) is -0.302. The van der Waals surface area contributed by atoms with Crippen LogP contribution in [0.15, 0.2) is 18.2 Å². The van der Waals surface area contributed by atoms with Crippen LogP contribution in [0.3, 0.4) is 0 Å². The third-order valence-electron chi connectivity index (χ3n) is 2.95. The van der Waals surface area contributed by atoms with Crippen molar-refractivity contribution in [3.8, 4) is 5.75 Å². The average Bonchev–Trinajstić information content (AvgIpc) is 3.15. The number of hydrogen-bond acceptors (Lipinski definition) is 3. The van der Waals surface area contributed by atoms with Gasteiger partial charge in [0, 0.05) is 0 Å². The Hall–Kier alpha value is -1.26. The van der Waals surface area contributed by atoms with E-state index in [2.05, 4.69) is 0 Å². The minimum absolute atomic E-state index is 0.237. The van der Waals surface area contributed by atoms with Crippen LogP contribution in [0, 0.1) is 5.92 Å². The number of hydrogen-bond donors (Lipinski definition) is 1. The molecule has 0 saturated heterocycles. The first-order valence-electron chi connectivity index (χ1n) is 5.78. The van der Waals surface area contributed by atoms with Crippen LogP contribution in [0.4, 0.5) is 0 Å². The first kappa shape index (κ1) is 13.2.